The van der Waals surface area contributed by atoms with Crippen LogP contribution in [0.15, 0.2) is 41.3 Å². The summed E-state index contributed by atoms with van der Waals surface area (Å²) in [6, 6.07) is 9.82. The Labute approximate surface area is 147 Å². The zero-order valence-electron chi connectivity index (χ0n) is 14.6. The predicted molar refractivity (Wildman–Crippen MR) is 94.3 cm³/mol. The van der Waals surface area contributed by atoms with Crippen molar-refractivity contribution in [2.75, 3.05) is 14.2 Å². The first-order valence-electron chi connectivity index (χ1n) is 7.60. The normalized spacial score (nSPS) is 11.2. The van der Waals surface area contributed by atoms with Crippen LogP contribution in [0.1, 0.15) is 27.0 Å². The summed E-state index contributed by atoms with van der Waals surface area (Å²) < 4.78 is 37.6. The van der Waals surface area contributed by atoms with Crippen LogP contribution in [-0.4, -0.2) is 28.6 Å². The van der Waals surface area contributed by atoms with Crippen molar-refractivity contribution in [2.24, 2.45) is 0 Å². The van der Waals surface area contributed by atoms with Crippen LogP contribution < -0.4 is 9.46 Å². The molecule has 25 heavy (non-hydrogen) atoms. The molecule has 0 heterocycles. The first-order valence-corrected chi connectivity index (χ1v) is 9.09. The summed E-state index contributed by atoms with van der Waals surface area (Å²) in [6.07, 6.45) is 0. The smallest absolute Gasteiger partial charge is 0.337 e. The van der Waals surface area contributed by atoms with E-state index < -0.39 is 16.0 Å². The second-order valence-electron chi connectivity index (χ2n) is 5.60. The van der Waals surface area contributed by atoms with Gasteiger partial charge in [-0.3, -0.25) is 0 Å². The molecule has 0 unspecified atom stereocenters. The van der Waals surface area contributed by atoms with Crippen LogP contribution in [-0.2, 0) is 21.3 Å². The van der Waals surface area contributed by atoms with Crippen LogP contribution in [0.5, 0.6) is 5.75 Å². The molecule has 7 heteroatoms. The molecule has 0 atom stereocenters. The molecule has 6 nitrogen and oxygen atoms in total. The predicted octanol–water partition coefficient (Wildman–Crippen LogP) is 2.58. The van der Waals surface area contributed by atoms with Crippen molar-refractivity contribution in [1.82, 2.24) is 4.72 Å². The zero-order valence-corrected chi connectivity index (χ0v) is 15.4. The van der Waals surface area contributed by atoms with Crippen LogP contribution in [0, 0.1) is 13.8 Å². The third kappa shape index (κ3) is 4.37. The van der Waals surface area contributed by atoms with Gasteiger partial charge in [0.25, 0.3) is 0 Å². The van der Waals surface area contributed by atoms with Gasteiger partial charge in [0.1, 0.15) is 10.6 Å². The fourth-order valence-corrected chi connectivity index (χ4v) is 3.52. The van der Waals surface area contributed by atoms with E-state index in [4.69, 9.17) is 4.74 Å². The van der Waals surface area contributed by atoms with Crippen molar-refractivity contribution in [1.29, 1.82) is 0 Å². The van der Waals surface area contributed by atoms with E-state index in [9.17, 15) is 13.2 Å². The highest BCUT2D eigenvalue weighted by atomic mass is 32.2. The molecule has 0 saturated heterocycles. The van der Waals surface area contributed by atoms with Gasteiger partial charge in [0.05, 0.1) is 19.8 Å². The zero-order chi connectivity index (χ0) is 18.6. The van der Waals surface area contributed by atoms with Crippen molar-refractivity contribution < 1.29 is 22.7 Å². The van der Waals surface area contributed by atoms with Crippen molar-refractivity contribution >= 4 is 16.0 Å². The molecule has 0 bridgehead atoms. The first kappa shape index (κ1) is 19.0. The number of benzene rings is 2. The number of ether oxygens (including phenoxy) is 2. The second kappa shape index (κ2) is 7.67. The standard InChI is InChI=1S/C18H21NO5S/c1-12-9-16(23-3)17(10-13(12)2)25(21,22)19-11-14-5-7-15(8-6-14)18(20)24-4/h5-10,19H,11H2,1-4H3. The Balaban J connectivity index is 2.20. The summed E-state index contributed by atoms with van der Waals surface area (Å²) in [6.45, 7) is 3.84. The molecule has 134 valence electrons. The molecule has 0 fully saturated rings. The summed E-state index contributed by atoms with van der Waals surface area (Å²) in [4.78, 5) is 11.5. The Morgan fingerprint density at radius 1 is 1.04 bits per heavy atom. The van der Waals surface area contributed by atoms with E-state index in [0.29, 0.717) is 11.3 Å². The number of carbonyl (C=O) groups excluding carboxylic acids is 1. The van der Waals surface area contributed by atoms with E-state index in [1.165, 1.54) is 14.2 Å². The Morgan fingerprint density at radius 2 is 1.64 bits per heavy atom. The molecule has 0 radical (unpaired) electrons. The number of sulfonamides is 1. The lowest BCUT2D eigenvalue weighted by atomic mass is 10.1. The Bertz CT molecular complexity index is 873. The minimum absolute atomic E-state index is 0.0971. The summed E-state index contributed by atoms with van der Waals surface area (Å²) in [7, 11) is -0.992. The highest BCUT2D eigenvalue weighted by Crippen LogP contribution is 2.27. The van der Waals surface area contributed by atoms with Gasteiger partial charge in [-0.25, -0.2) is 17.9 Å². The number of aryl methyl sites for hydroxylation is 2. The van der Waals surface area contributed by atoms with Crippen molar-refractivity contribution in [3.63, 3.8) is 0 Å². The quantitative estimate of drug-likeness (QED) is 0.798. The number of hydrogen-bond acceptors (Lipinski definition) is 5. The number of esters is 1. The molecule has 0 aliphatic carbocycles. The van der Waals surface area contributed by atoms with Crippen LogP contribution in [0.4, 0.5) is 0 Å². The van der Waals surface area contributed by atoms with Gasteiger partial charge in [-0.15, -0.1) is 0 Å². The van der Waals surface area contributed by atoms with E-state index in [1.54, 1.807) is 36.4 Å². The summed E-state index contributed by atoms with van der Waals surface area (Å²) in [5, 5.41) is 0. The van der Waals surface area contributed by atoms with Crippen LogP contribution in [0.3, 0.4) is 0 Å². The number of carbonyl (C=O) groups is 1. The van der Waals surface area contributed by atoms with E-state index in [-0.39, 0.29) is 11.4 Å². The van der Waals surface area contributed by atoms with Crippen molar-refractivity contribution in [3.05, 3.63) is 58.7 Å². The average Bonchev–Trinajstić information content (AvgIpc) is 2.61. The largest absolute Gasteiger partial charge is 0.495 e. The van der Waals surface area contributed by atoms with E-state index >= 15 is 0 Å². The van der Waals surface area contributed by atoms with Gasteiger partial charge < -0.3 is 9.47 Å². The van der Waals surface area contributed by atoms with Gasteiger partial charge >= 0.3 is 5.97 Å². The average molecular weight is 363 g/mol. The molecule has 0 aliphatic heterocycles. The third-order valence-electron chi connectivity index (χ3n) is 3.91. The molecule has 0 aliphatic rings. The Hall–Kier alpha value is -2.38. The monoisotopic (exact) mass is 363 g/mol. The van der Waals surface area contributed by atoms with Gasteiger partial charge in [0, 0.05) is 6.54 Å². The fourth-order valence-electron chi connectivity index (χ4n) is 2.27. The van der Waals surface area contributed by atoms with E-state index in [1.807, 2.05) is 13.8 Å². The Kier molecular flexibility index (Phi) is 5.81. The molecular formula is C18H21NO5S. The molecule has 0 spiro atoms. The van der Waals surface area contributed by atoms with Gasteiger partial charge in [-0.1, -0.05) is 12.1 Å². The number of nitrogens with one attached hydrogen (secondary N) is 1. The molecule has 2 aromatic rings. The summed E-state index contributed by atoms with van der Waals surface area (Å²) in [5.74, 6) is -0.136. The van der Waals surface area contributed by atoms with Crippen LogP contribution >= 0.6 is 0 Å². The van der Waals surface area contributed by atoms with E-state index in [2.05, 4.69) is 9.46 Å². The minimum atomic E-state index is -3.74. The van der Waals surface area contributed by atoms with Crippen LogP contribution in [0.25, 0.3) is 0 Å². The number of hydrogen-bond donors (Lipinski definition) is 1. The van der Waals surface area contributed by atoms with Gasteiger partial charge in [-0.2, -0.15) is 0 Å². The molecule has 1 N–H and O–H groups in total. The maximum Gasteiger partial charge on any atom is 0.337 e. The molecule has 0 aromatic heterocycles. The number of methoxy groups -OCH3 is 2. The molecule has 2 rings (SSSR count). The third-order valence-corrected chi connectivity index (χ3v) is 5.33. The van der Waals surface area contributed by atoms with Gasteiger partial charge in [-0.05, 0) is 54.8 Å². The van der Waals surface area contributed by atoms with Crippen molar-refractivity contribution in [3.8, 4) is 5.75 Å². The number of rotatable bonds is 6. The minimum Gasteiger partial charge on any atom is -0.495 e. The highest BCUT2D eigenvalue weighted by Gasteiger charge is 2.20. The second-order valence-corrected chi connectivity index (χ2v) is 7.34. The van der Waals surface area contributed by atoms with Crippen LogP contribution in [0.2, 0.25) is 0 Å². The molecular weight excluding hydrogens is 342 g/mol. The van der Waals surface area contributed by atoms with Crippen molar-refractivity contribution in [2.45, 2.75) is 25.3 Å². The summed E-state index contributed by atoms with van der Waals surface area (Å²) in [5.41, 5.74) is 2.95. The van der Waals surface area contributed by atoms with E-state index in [0.717, 1.165) is 16.7 Å². The van der Waals surface area contributed by atoms with Gasteiger partial charge in [0.2, 0.25) is 10.0 Å². The summed E-state index contributed by atoms with van der Waals surface area (Å²) >= 11 is 0. The molecule has 0 saturated carbocycles. The maximum absolute atomic E-state index is 12.6. The lowest BCUT2D eigenvalue weighted by Crippen LogP contribution is -2.24. The first-order chi connectivity index (χ1) is 11.8. The lowest BCUT2D eigenvalue weighted by molar-refractivity contribution is 0.0600. The van der Waals surface area contributed by atoms with Gasteiger partial charge in [0.15, 0.2) is 0 Å². The topological polar surface area (TPSA) is 81.7 Å². The lowest BCUT2D eigenvalue weighted by Gasteiger charge is -2.13. The fraction of sp³-hybridized carbons (Fsp3) is 0.278. The highest BCUT2D eigenvalue weighted by molar-refractivity contribution is 7.89. The maximum atomic E-state index is 12.6. The SMILES string of the molecule is COC(=O)c1ccc(CNS(=O)(=O)c2cc(C)c(C)cc2OC)cc1. The molecule has 0 amide bonds. The Morgan fingerprint density at radius 3 is 2.20 bits per heavy atom. The molecule has 2 aromatic carbocycles.